The summed E-state index contributed by atoms with van der Waals surface area (Å²) < 4.78 is 5.35. The Bertz CT molecular complexity index is 768. The number of guanidine groups is 1. The van der Waals surface area contributed by atoms with Gasteiger partial charge in [-0.3, -0.25) is 4.79 Å². The van der Waals surface area contributed by atoms with Crippen LogP contribution < -0.4 is 21.1 Å². The molecule has 1 amide bonds. The zero-order valence-electron chi connectivity index (χ0n) is 17.1. The molecule has 2 aromatic carbocycles. The lowest BCUT2D eigenvalue weighted by Gasteiger charge is -2.18. The number of aryl methyl sites for hydroxylation is 1. The molecule has 0 aliphatic rings. The zero-order valence-corrected chi connectivity index (χ0v) is 19.4. The number of ether oxygens (including phenoxy) is 1. The zero-order chi connectivity index (χ0) is 20.2. The predicted octanol–water partition coefficient (Wildman–Crippen LogP) is 3.25. The molecule has 6 nitrogen and oxygen atoms in total. The maximum atomic E-state index is 10.8. The van der Waals surface area contributed by atoms with E-state index in [-0.39, 0.29) is 30.6 Å². The standard InChI is InChI=1S/C22H30N4O2.HI/c1-3-24-22(26-17(2)12-13-18-8-5-4-6-9-18)25-15-19-10-7-11-20(14-19)28-16-21(23)27;/h4-11,14,17H,3,12-13,15-16H2,1-2H3,(H2,23,27)(H2,24,25,26);1H. The molecule has 0 saturated carbocycles. The van der Waals surface area contributed by atoms with E-state index in [9.17, 15) is 4.79 Å². The summed E-state index contributed by atoms with van der Waals surface area (Å²) in [6, 6.07) is 18.3. The van der Waals surface area contributed by atoms with Crippen molar-refractivity contribution in [1.29, 1.82) is 0 Å². The molecule has 0 saturated heterocycles. The highest BCUT2D eigenvalue weighted by Crippen LogP contribution is 2.14. The van der Waals surface area contributed by atoms with E-state index in [1.54, 1.807) is 6.07 Å². The van der Waals surface area contributed by atoms with Gasteiger partial charge in [0, 0.05) is 12.6 Å². The van der Waals surface area contributed by atoms with E-state index in [0.717, 1.165) is 30.9 Å². The largest absolute Gasteiger partial charge is 0.484 e. The van der Waals surface area contributed by atoms with Gasteiger partial charge in [-0.25, -0.2) is 4.99 Å². The van der Waals surface area contributed by atoms with Crippen LogP contribution in [0.3, 0.4) is 0 Å². The van der Waals surface area contributed by atoms with E-state index < -0.39 is 5.91 Å². The monoisotopic (exact) mass is 510 g/mol. The Morgan fingerprint density at radius 3 is 2.55 bits per heavy atom. The Labute approximate surface area is 190 Å². The van der Waals surface area contributed by atoms with E-state index in [1.165, 1.54) is 5.56 Å². The van der Waals surface area contributed by atoms with Gasteiger partial charge in [-0.1, -0.05) is 42.5 Å². The number of primary amides is 1. The van der Waals surface area contributed by atoms with E-state index >= 15 is 0 Å². The highest BCUT2D eigenvalue weighted by atomic mass is 127. The number of benzene rings is 2. The Morgan fingerprint density at radius 1 is 1.14 bits per heavy atom. The minimum atomic E-state index is -0.494. The van der Waals surface area contributed by atoms with Crippen LogP contribution in [0.15, 0.2) is 59.6 Å². The molecule has 2 rings (SSSR count). The van der Waals surface area contributed by atoms with Crippen LogP contribution in [-0.2, 0) is 17.8 Å². The normalized spacial score (nSPS) is 11.9. The van der Waals surface area contributed by atoms with Crippen LogP contribution in [0.1, 0.15) is 31.4 Å². The number of nitrogens with zero attached hydrogens (tertiary/aromatic N) is 1. The third kappa shape index (κ3) is 10.2. The van der Waals surface area contributed by atoms with Crippen molar-refractivity contribution in [2.24, 2.45) is 10.7 Å². The van der Waals surface area contributed by atoms with Gasteiger partial charge < -0.3 is 21.1 Å². The second kappa shape index (κ2) is 13.8. The van der Waals surface area contributed by atoms with E-state index in [2.05, 4.69) is 46.8 Å². The van der Waals surface area contributed by atoms with Gasteiger partial charge in [0.25, 0.3) is 5.91 Å². The molecule has 0 spiro atoms. The van der Waals surface area contributed by atoms with Crippen LogP contribution in [0.25, 0.3) is 0 Å². The number of nitrogens with one attached hydrogen (secondary N) is 2. The maximum absolute atomic E-state index is 10.8. The second-order valence-electron chi connectivity index (χ2n) is 6.67. The number of carbonyl (C=O) groups excluding carboxylic acids is 1. The number of carbonyl (C=O) groups is 1. The van der Waals surface area contributed by atoms with Gasteiger partial charge in [-0.2, -0.15) is 0 Å². The Kier molecular flexibility index (Phi) is 11.8. The SMILES string of the molecule is CCNC(=NCc1cccc(OCC(N)=O)c1)NC(C)CCc1ccccc1.I. The summed E-state index contributed by atoms with van der Waals surface area (Å²) in [4.78, 5) is 15.5. The number of amides is 1. The first-order chi connectivity index (χ1) is 13.6. The maximum Gasteiger partial charge on any atom is 0.255 e. The minimum Gasteiger partial charge on any atom is -0.484 e. The molecule has 0 radical (unpaired) electrons. The Morgan fingerprint density at radius 2 is 1.86 bits per heavy atom. The van der Waals surface area contributed by atoms with Crippen molar-refractivity contribution in [3.63, 3.8) is 0 Å². The van der Waals surface area contributed by atoms with Crippen molar-refractivity contribution in [2.75, 3.05) is 13.2 Å². The minimum absolute atomic E-state index is 0. The summed E-state index contributed by atoms with van der Waals surface area (Å²) >= 11 is 0. The van der Waals surface area contributed by atoms with Gasteiger partial charge >= 0.3 is 0 Å². The number of aliphatic imine (C=N–C) groups is 1. The molecule has 1 unspecified atom stereocenters. The summed E-state index contributed by atoms with van der Waals surface area (Å²) in [5.41, 5.74) is 7.45. The molecule has 0 aliphatic heterocycles. The molecule has 1 atom stereocenters. The highest BCUT2D eigenvalue weighted by molar-refractivity contribution is 14.0. The lowest BCUT2D eigenvalue weighted by atomic mass is 10.1. The lowest BCUT2D eigenvalue weighted by Crippen LogP contribution is -2.42. The van der Waals surface area contributed by atoms with Gasteiger partial charge in [0.2, 0.25) is 0 Å². The topological polar surface area (TPSA) is 88.7 Å². The number of nitrogens with two attached hydrogens (primary N) is 1. The van der Waals surface area contributed by atoms with Gasteiger partial charge in [0.15, 0.2) is 12.6 Å². The molecule has 7 heteroatoms. The van der Waals surface area contributed by atoms with Gasteiger partial charge in [-0.05, 0) is 49.9 Å². The van der Waals surface area contributed by atoms with Gasteiger partial charge in [0.05, 0.1) is 6.54 Å². The Balaban J connectivity index is 0.00000420. The molecule has 0 fully saturated rings. The summed E-state index contributed by atoms with van der Waals surface area (Å²) in [6.07, 6.45) is 2.04. The average Bonchev–Trinajstić information content (AvgIpc) is 2.70. The van der Waals surface area contributed by atoms with Crippen LogP contribution in [-0.4, -0.2) is 31.1 Å². The molecule has 4 N–H and O–H groups in total. The predicted molar refractivity (Wildman–Crippen MR) is 129 cm³/mol. The smallest absolute Gasteiger partial charge is 0.255 e. The number of hydrogen-bond donors (Lipinski definition) is 3. The van der Waals surface area contributed by atoms with Crippen LogP contribution in [0.4, 0.5) is 0 Å². The first-order valence-electron chi connectivity index (χ1n) is 9.65. The number of halogens is 1. The summed E-state index contributed by atoms with van der Waals surface area (Å²) in [7, 11) is 0. The van der Waals surface area contributed by atoms with Gasteiger partial charge in [0.1, 0.15) is 5.75 Å². The number of rotatable bonds is 10. The van der Waals surface area contributed by atoms with Crippen LogP contribution in [0, 0.1) is 0 Å². The quantitative estimate of drug-likeness (QED) is 0.260. The molecule has 0 heterocycles. The molecule has 2 aromatic rings. The van der Waals surface area contributed by atoms with Crippen molar-refractivity contribution in [1.82, 2.24) is 10.6 Å². The molecule has 0 aliphatic carbocycles. The van der Waals surface area contributed by atoms with Crippen molar-refractivity contribution in [2.45, 2.75) is 39.3 Å². The van der Waals surface area contributed by atoms with Crippen molar-refractivity contribution in [3.8, 4) is 5.75 Å². The van der Waals surface area contributed by atoms with Crippen LogP contribution in [0.2, 0.25) is 0 Å². The lowest BCUT2D eigenvalue weighted by molar-refractivity contribution is -0.119. The van der Waals surface area contributed by atoms with Crippen molar-refractivity contribution in [3.05, 3.63) is 65.7 Å². The molecular weight excluding hydrogens is 479 g/mol. The summed E-state index contributed by atoms with van der Waals surface area (Å²) in [6.45, 7) is 5.38. The molecular formula is C22H31IN4O2. The molecule has 158 valence electrons. The average molecular weight is 510 g/mol. The highest BCUT2D eigenvalue weighted by Gasteiger charge is 2.06. The third-order valence-electron chi connectivity index (χ3n) is 4.14. The fraction of sp³-hybridized carbons (Fsp3) is 0.364. The van der Waals surface area contributed by atoms with Gasteiger partial charge in [-0.15, -0.1) is 24.0 Å². The molecule has 0 bridgehead atoms. The second-order valence-corrected chi connectivity index (χ2v) is 6.67. The van der Waals surface area contributed by atoms with E-state index in [0.29, 0.717) is 18.3 Å². The van der Waals surface area contributed by atoms with Crippen molar-refractivity contribution < 1.29 is 9.53 Å². The third-order valence-corrected chi connectivity index (χ3v) is 4.14. The first kappa shape index (κ1) is 24.7. The number of hydrogen-bond acceptors (Lipinski definition) is 3. The molecule has 0 aromatic heterocycles. The Hall–Kier alpha value is -2.29. The first-order valence-corrected chi connectivity index (χ1v) is 9.65. The van der Waals surface area contributed by atoms with Crippen LogP contribution >= 0.6 is 24.0 Å². The fourth-order valence-corrected chi connectivity index (χ4v) is 2.71. The fourth-order valence-electron chi connectivity index (χ4n) is 2.71. The summed E-state index contributed by atoms with van der Waals surface area (Å²) in [5, 5.41) is 6.74. The van der Waals surface area contributed by atoms with E-state index in [1.807, 2.05) is 31.2 Å². The molecule has 29 heavy (non-hydrogen) atoms. The summed E-state index contributed by atoms with van der Waals surface area (Å²) in [5.74, 6) is 0.902. The van der Waals surface area contributed by atoms with E-state index in [4.69, 9.17) is 10.5 Å². The van der Waals surface area contributed by atoms with Crippen molar-refractivity contribution >= 4 is 35.8 Å². The van der Waals surface area contributed by atoms with Crippen LogP contribution in [0.5, 0.6) is 5.75 Å².